The summed E-state index contributed by atoms with van der Waals surface area (Å²) in [4.78, 5) is 10.4. The van der Waals surface area contributed by atoms with Crippen molar-refractivity contribution in [1.29, 1.82) is 0 Å². The lowest BCUT2D eigenvalue weighted by molar-refractivity contribution is 0.633. The number of thiazole rings is 1. The number of halogens is 1. The van der Waals surface area contributed by atoms with Gasteiger partial charge in [-0.15, -0.1) is 35.3 Å². The molecule has 0 amide bonds. The summed E-state index contributed by atoms with van der Waals surface area (Å²) in [7, 11) is 0. The average molecular weight is 420 g/mol. The van der Waals surface area contributed by atoms with E-state index >= 15 is 0 Å². The molecule has 2 rings (SSSR count). The van der Waals surface area contributed by atoms with Crippen LogP contribution in [0.5, 0.6) is 0 Å². The van der Waals surface area contributed by atoms with Crippen LogP contribution in [0.4, 0.5) is 0 Å². The second kappa shape index (κ2) is 10.2. The number of hydrogen-bond acceptors (Lipinski definition) is 3. The van der Waals surface area contributed by atoms with E-state index in [0.717, 1.165) is 44.7 Å². The van der Waals surface area contributed by atoms with Gasteiger partial charge in [0.1, 0.15) is 0 Å². The quantitative estimate of drug-likeness (QED) is 0.322. The SMILES string of the molecule is CCNC(=NCCc1ncc(CC)s1)NC1CC=CC1.I. The van der Waals surface area contributed by atoms with Crippen molar-refractivity contribution in [2.45, 2.75) is 45.6 Å². The van der Waals surface area contributed by atoms with Crippen molar-refractivity contribution < 1.29 is 0 Å². The standard InChI is InChI=1S/C15H24N4S.HI/c1-3-13-11-18-14(20-13)9-10-17-15(16-4-2)19-12-7-5-6-8-12;/h5-6,11-12H,3-4,7-10H2,1-2H3,(H2,16,17,19);1H. The van der Waals surface area contributed by atoms with Gasteiger partial charge < -0.3 is 10.6 Å². The van der Waals surface area contributed by atoms with Gasteiger partial charge in [0, 0.05) is 36.6 Å². The van der Waals surface area contributed by atoms with Gasteiger partial charge in [0.05, 0.1) is 5.01 Å². The Morgan fingerprint density at radius 3 is 2.76 bits per heavy atom. The molecule has 2 N–H and O–H groups in total. The molecule has 0 aliphatic heterocycles. The van der Waals surface area contributed by atoms with E-state index in [1.54, 1.807) is 11.3 Å². The smallest absolute Gasteiger partial charge is 0.191 e. The molecule has 0 saturated carbocycles. The highest BCUT2D eigenvalue weighted by Crippen LogP contribution is 2.13. The number of nitrogens with zero attached hydrogens (tertiary/aromatic N) is 2. The topological polar surface area (TPSA) is 49.3 Å². The van der Waals surface area contributed by atoms with Crippen LogP contribution in [0, 0.1) is 0 Å². The summed E-state index contributed by atoms with van der Waals surface area (Å²) < 4.78 is 0. The molecule has 1 aromatic rings. The van der Waals surface area contributed by atoms with E-state index in [0.29, 0.717) is 6.04 Å². The molecular formula is C15H25IN4S. The Balaban J connectivity index is 0.00000220. The number of rotatable bonds is 6. The number of aliphatic imine (C=N–C) groups is 1. The van der Waals surface area contributed by atoms with Crippen LogP contribution in [0.2, 0.25) is 0 Å². The lowest BCUT2D eigenvalue weighted by atomic mass is 10.2. The van der Waals surface area contributed by atoms with E-state index in [-0.39, 0.29) is 24.0 Å². The molecule has 0 fully saturated rings. The molecule has 1 aromatic heterocycles. The third-order valence-corrected chi connectivity index (χ3v) is 4.44. The number of guanidine groups is 1. The first-order valence-electron chi connectivity index (χ1n) is 7.45. The van der Waals surface area contributed by atoms with Crippen LogP contribution in [0.1, 0.15) is 36.6 Å². The minimum absolute atomic E-state index is 0. The zero-order chi connectivity index (χ0) is 14.2. The Hall–Kier alpha value is -0.630. The van der Waals surface area contributed by atoms with Gasteiger partial charge in [-0.05, 0) is 26.2 Å². The van der Waals surface area contributed by atoms with Gasteiger partial charge >= 0.3 is 0 Å². The van der Waals surface area contributed by atoms with Crippen LogP contribution in [0.25, 0.3) is 0 Å². The Kier molecular flexibility index (Phi) is 8.91. The molecule has 0 spiro atoms. The lowest BCUT2D eigenvalue weighted by Gasteiger charge is -2.16. The number of aryl methyl sites for hydroxylation is 1. The molecule has 0 unspecified atom stereocenters. The van der Waals surface area contributed by atoms with Gasteiger partial charge in [0.25, 0.3) is 0 Å². The van der Waals surface area contributed by atoms with Gasteiger partial charge in [0.2, 0.25) is 0 Å². The molecule has 118 valence electrons. The maximum absolute atomic E-state index is 4.64. The van der Waals surface area contributed by atoms with Crippen molar-refractivity contribution in [3.63, 3.8) is 0 Å². The monoisotopic (exact) mass is 420 g/mol. The lowest BCUT2D eigenvalue weighted by Crippen LogP contribution is -2.42. The summed E-state index contributed by atoms with van der Waals surface area (Å²) in [5.74, 6) is 0.925. The first kappa shape index (κ1) is 18.4. The first-order chi connectivity index (χ1) is 9.81. The second-order valence-electron chi connectivity index (χ2n) is 4.87. The van der Waals surface area contributed by atoms with Crippen LogP contribution < -0.4 is 10.6 Å². The molecule has 0 bridgehead atoms. The normalized spacial score (nSPS) is 15.0. The summed E-state index contributed by atoms with van der Waals surface area (Å²) in [6.07, 6.45) is 10.6. The van der Waals surface area contributed by atoms with Crippen LogP contribution in [-0.2, 0) is 12.8 Å². The molecule has 0 atom stereocenters. The zero-order valence-corrected chi connectivity index (χ0v) is 15.9. The minimum atomic E-state index is 0. The predicted molar refractivity (Wildman–Crippen MR) is 102 cm³/mol. The van der Waals surface area contributed by atoms with Crippen molar-refractivity contribution >= 4 is 41.3 Å². The van der Waals surface area contributed by atoms with Gasteiger partial charge in [-0.1, -0.05) is 19.1 Å². The Bertz CT molecular complexity index is 462. The minimum Gasteiger partial charge on any atom is -0.357 e. The third kappa shape index (κ3) is 6.34. The molecule has 1 heterocycles. The highest BCUT2D eigenvalue weighted by Gasteiger charge is 2.11. The Labute approximate surface area is 148 Å². The molecule has 4 nitrogen and oxygen atoms in total. The number of aromatic nitrogens is 1. The fourth-order valence-electron chi connectivity index (χ4n) is 2.14. The summed E-state index contributed by atoms with van der Waals surface area (Å²) in [6.45, 7) is 5.94. The number of hydrogen-bond donors (Lipinski definition) is 2. The van der Waals surface area contributed by atoms with Crippen LogP contribution >= 0.6 is 35.3 Å². The van der Waals surface area contributed by atoms with E-state index in [1.165, 1.54) is 9.88 Å². The Morgan fingerprint density at radius 2 is 2.14 bits per heavy atom. The van der Waals surface area contributed by atoms with Gasteiger partial charge in [0.15, 0.2) is 5.96 Å². The van der Waals surface area contributed by atoms with E-state index in [1.807, 2.05) is 6.20 Å². The third-order valence-electron chi connectivity index (χ3n) is 3.24. The van der Waals surface area contributed by atoms with Crippen molar-refractivity contribution in [3.05, 3.63) is 28.2 Å². The molecule has 0 saturated heterocycles. The predicted octanol–water partition coefficient (Wildman–Crippen LogP) is 3.14. The fraction of sp³-hybridized carbons (Fsp3) is 0.600. The molecule has 1 aliphatic rings. The van der Waals surface area contributed by atoms with Crippen LogP contribution in [0.15, 0.2) is 23.3 Å². The molecule has 21 heavy (non-hydrogen) atoms. The van der Waals surface area contributed by atoms with Crippen molar-refractivity contribution in [2.75, 3.05) is 13.1 Å². The molecular weight excluding hydrogens is 395 g/mol. The summed E-state index contributed by atoms with van der Waals surface area (Å²) in [5.41, 5.74) is 0. The summed E-state index contributed by atoms with van der Waals surface area (Å²) >= 11 is 1.80. The first-order valence-corrected chi connectivity index (χ1v) is 8.26. The maximum atomic E-state index is 4.64. The van der Waals surface area contributed by atoms with Crippen molar-refractivity contribution in [3.8, 4) is 0 Å². The van der Waals surface area contributed by atoms with Crippen LogP contribution in [-0.4, -0.2) is 30.1 Å². The number of nitrogens with one attached hydrogen (secondary N) is 2. The van der Waals surface area contributed by atoms with Gasteiger partial charge in [-0.3, -0.25) is 4.99 Å². The highest BCUT2D eigenvalue weighted by atomic mass is 127. The largest absolute Gasteiger partial charge is 0.357 e. The van der Waals surface area contributed by atoms with E-state index in [4.69, 9.17) is 0 Å². The zero-order valence-electron chi connectivity index (χ0n) is 12.8. The molecule has 6 heteroatoms. The molecule has 1 aliphatic carbocycles. The maximum Gasteiger partial charge on any atom is 0.191 e. The van der Waals surface area contributed by atoms with Crippen LogP contribution in [0.3, 0.4) is 0 Å². The van der Waals surface area contributed by atoms with Gasteiger partial charge in [-0.25, -0.2) is 4.98 Å². The highest BCUT2D eigenvalue weighted by molar-refractivity contribution is 14.0. The van der Waals surface area contributed by atoms with E-state index in [2.05, 4.69) is 46.6 Å². The molecule has 0 radical (unpaired) electrons. The Morgan fingerprint density at radius 1 is 1.38 bits per heavy atom. The van der Waals surface area contributed by atoms with Crippen molar-refractivity contribution in [2.24, 2.45) is 4.99 Å². The fourth-order valence-corrected chi connectivity index (χ4v) is 2.99. The van der Waals surface area contributed by atoms with E-state index < -0.39 is 0 Å². The molecule has 0 aromatic carbocycles. The summed E-state index contributed by atoms with van der Waals surface area (Å²) in [5, 5.41) is 7.97. The van der Waals surface area contributed by atoms with Gasteiger partial charge in [-0.2, -0.15) is 0 Å². The average Bonchev–Trinajstić information content (AvgIpc) is 3.10. The van der Waals surface area contributed by atoms with E-state index in [9.17, 15) is 0 Å². The van der Waals surface area contributed by atoms with Crippen molar-refractivity contribution in [1.82, 2.24) is 15.6 Å². The summed E-state index contributed by atoms with van der Waals surface area (Å²) in [6, 6.07) is 0.499. The second-order valence-corrected chi connectivity index (χ2v) is 6.07.